The van der Waals surface area contributed by atoms with E-state index < -0.39 is 0 Å². The summed E-state index contributed by atoms with van der Waals surface area (Å²) in [6.45, 7) is 1.89. The largest absolute Gasteiger partial charge is 0.339 e. The molecule has 0 saturated heterocycles. The molecule has 0 aromatic heterocycles. The molecule has 3 nitrogen and oxygen atoms in total. The summed E-state index contributed by atoms with van der Waals surface area (Å²) in [5, 5.41) is 0. The standard InChI is InChI=1S/C19H27FN2O.ClH/c1-12(16-8-3-4-9-17(16)20)22(2)19(23)15-10-13-6-5-7-14(11-15)18(13)21;/h3-4,8-9,12-15,18H,5-7,10-11,21H2,1-2H3;1H. The van der Waals surface area contributed by atoms with E-state index in [2.05, 4.69) is 0 Å². The van der Waals surface area contributed by atoms with Gasteiger partial charge in [-0.2, -0.15) is 0 Å². The molecular formula is C19H28ClFN2O. The minimum absolute atomic E-state index is 0. The van der Waals surface area contributed by atoms with Crippen LogP contribution >= 0.6 is 12.4 Å². The van der Waals surface area contributed by atoms with Gasteiger partial charge in [0.2, 0.25) is 5.91 Å². The number of hydrogen-bond acceptors (Lipinski definition) is 2. The van der Waals surface area contributed by atoms with Gasteiger partial charge in [-0.1, -0.05) is 24.6 Å². The Kier molecular flexibility index (Phi) is 6.27. The van der Waals surface area contributed by atoms with Crippen LogP contribution in [0.4, 0.5) is 4.39 Å². The lowest BCUT2D eigenvalue weighted by molar-refractivity contribution is -0.139. The van der Waals surface area contributed by atoms with Crippen molar-refractivity contribution in [3.8, 4) is 0 Å². The molecule has 0 spiro atoms. The van der Waals surface area contributed by atoms with Gasteiger partial charge in [0.1, 0.15) is 5.82 Å². The van der Waals surface area contributed by atoms with Crippen molar-refractivity contribution in [2.45, 2.75) is 51.1 Å². The van der Waals surface area contributed by atoms with Crippen LogP contribution in [-0.2, 0) is 4.79 Å². The quantitative estimate of drug-likeness (QED) is 0.894. The van der Waals surface area contributed by atoms with Crippen molar-refractivity contribution in [3.05, 3.63) is 35.6 Å². The van der Waals surface area contributed by atoms with Crippen LogP contribution in [0, 0.1) is 23.6 Å². The van der Waals surface area contributed by atoms with Crippen LogP contribution in [0.5, 0.6) is 0 Å². The molecule has 0 heterocycles. The fraction of sp³-hybridized carbons (Fsp3) is 0.632. The normalized spacial score (nSPS) is 30.2. The molecule has 0 radical (unpaired) electrons. The molecular weight excluding hydrogens is 327 g/mol. The zero-order chi connectivity index (χ0) is 16.6. The highest BCUT2D eigenvalue weighted by molar-refractivity contribution is 5.85. The third-order valence-electron chi connectivity index (χ3n) is 6.05. The number of hydrogen-bond donors (Lipinski definition) is 1. The van der Waals surface area contributed by atoms with Gasteiger partial charge < -0.3 is 10.6 Å². The Morgan fingerprint density at radius 1 is 1.25 bits per heavy atom. The van der Waals surface area contributed by atoms with Crippen molar-refractivity contribution in [3.63, 3.8) is 0 Å². The van der Waals surface area contributed by atoms with E-state index in [1.807, 2.05) is 13.0 Å². The van der Waals surface area contributed by atoms with Crippen molar-refractivity contribution >= 4 is 18.3 Å². The minimum atomic E-state index is -0.251. The molecule has 3 atom stereocenters. The molecule has 3 unspecified atom stereocenters. The Morgan fingerprint density at radius 2 is 1.83 bits per heavy atom. The second-order valence-corrected chi connectivity index (χ2v) is 7.34. The first-order valence-electron chi connectivity index (χ1n) is 8.75. The number of nitrogens with two attached hydrogens (primary N) is 1. The summed E-state index contributed by atoms with van der Waals surface area (Å²) in [6.07, 6.45) is 5.32. The highest BCUT2D eigenvalue weighted by atomic mass is 35.5. The number of halogens is 2. The van der Waals surface area contributed by atoms with E-state index in [4.69, 9.17) is 5.73 Å². The van der Waals surface area contributed by atoms with Crippen LogP contribution in [0.1, 0.15) is 50.6 Å². The van der Waals surface area contributed by atoms with Crippen LogP contribution in [0.2, 0.25) is 0 Å². The molecule has 2 N–H and O–H groups in total. The van der Waals surface area contributed by atoms with Gasteiger partial charge in [-0.05, 0) is 50.5 Å². The van der Waals surface area contributed by atoms with Gasteiger partial charge in [-0.15, -0.1) is 12.4 Å². The van der Waals surface area contributed by atoms with Crippen molar-refractivity contribution in [2.24, 2.45) is 23.5 Å². The Balaban J connectivity index is 0.00000208. The summed E-state index contributed by atoms with van der Waals surface area (Å²) in [5.74, 6) is 0.901. The number of fused-ring (bicyclic) bond motifs is 2. The average molecular weight is 355 g/mol. The topological polar surface area (TPSA) is 46.3 Å². The molecule has 0 aliphatic heterocycles. The Bertz CT molecular complexity index is 568. The van der Waals surface area contributed by atoms with Crippen LogP contribution in [0.25, 0.3) is 0 Å². The van der Waals surface area contributed by atoms with E-state index in [-0.39, 0.29) is 42.1 Å². The zero-order valence-corrected chi connectivity index (χ0v) is 15.3. The summed E-state index contributed by atoms with van der Waals surface area (Å²) in [5.41, 5.74) is 6.90. The van der Waals surface area contributed by atoms with Crippen molar-refractivity contribution in [2.75, 3.05) is 7.05 Å². The fourth-order valence-electron chi connectivity index (χ4n) is 4.49. The van der Waals surface area contributed by atoms with Gasteiger partial charge in [0.25, 0.3) is 0 Å². The molecule has 3 rings (SSSR count). The Morgan fingerprint density at radius 3 is 2.42 bits per heavy atom. The molecule has 5 heteroatoms. The maximum Gasteiger partial charge on any atom is 0.225 e. The van der Waals surface area contributed by atoms with Gasteiger partial charge in [0.05, 0.1) is 6.04 Å². The molecule has 2 bridgehead atoms. The monoisotopic (exact) mass is 354 g/mol. The first-order chi connectivity index (χ1) is 11.0. The average Bonchev–Trinajstić information content (AvgIpc) is 2.53. The summed E-state index contributed by atoms with van der Waals surface area (Å²) in [6, 6.07) is 6.72. The molecule has 2 fully saturated rings. The van der Waals surface area contributed by atoms with Gasteiger partial charge in [0.15, 0.2) is 0 Å². The highest BCUT2D eigenvalue weighted by Crippen LogP contribution is 2.42. The number of carbonyl (C=O) groups is 1. The number of nitrogens with zero attached hydrogens (tertiary/aromatic N) is 1. The lowest BCUT2D eigenvalue weighted by atomic mass is 9.65. The first kappa shape index (κ1) is 19.2. The molecule has 1 aromatic rings. The Labute approximate surface area is 150 Å². The number of amides is 1. The van der Waals surface area contributed by atoms with E-state index in [1.54, 1.807) is 24.1 Å². The minimum Gasteiger partial charge on any atom is -0.339 e. The van der Waals surface area contributed by atoms with E-state index in [1.165, 1.54) is 12.5 Å². The molecule has 2 aliphatic carbocycles. The van der Waals surface area contributed by atoms with Crippen molar-refractivity contribution in [1.82, 2.24) is 4.90 Å². The number of carbonyl (C=O) groups excluding carboxylic acids is 1. The van der Waals surface area contributed by atoms with E-state index in [0.717, 1.165) is 25.7 Å². The fourth-order valence-corrected chi connectivity index (χ4v) is 4.49. The van der Waals surface area contributed by atoms with Crippen LogP contribution < -0.4 is 5.73 Å². The maximum absolute atomic E-state index is 14.0. The molecule has 134 valence electrons. The lowest BCUT2D eigenvalue weighted by Crippen LogP contribution is -2.49. The van der Waals surface area contributed by atoms with E-state index >= 15 is 0 Å². The SMILES string of the molecule is CC(c1ccccc1F)N(C)C(=O)C1CC2CCCC(C1)C2N.Cl. The van der Waals surface area contributed by atoms with Crippen molar-refractivity contribution in [1.29, 1.82) is 0 Å². The van der Waals surface area contributed by atoms with Crippen molar-refractivity contribution < 1.29 is 9.18 Å². The predicted octanol–water partition coefficient (Wildman–Crippen LogP) is 3.92. The second kappa shape index (κ2) is 7.83. The second-order valence-electron chi connectivity index (χ2n) is 7.34. The number of benzene rings is 1. The van der Waals surface area contributed by atoms with Crippen LogP contribution in [0.3, 0.4) is 0 Å². The number of rotatable bonds is 3. The smallest absolute Gasteiger partial charge is 0.225 e. The molecule has 2 aliphatic rings. The third-order valence-corrected chi connectivity index (χ3v) is 6.05. The van der Waals surface area contributed by atoms with E-state index in [9.17, 15) is 9.18 Å². The summed E-state index contributed by atoms with van der Waals surface area (Å²) < 4.78 is 14.0. The maximum atomic E-state index is 14.0. The van der Waals surface area contributed by atoms with Gasteiger partial charge in [0, 0.05) is 24.6 Å². The molecule has 2 saturated carbocycles. The third kappa shape index (κ3) is 3.60. The predicted molar refractivity (Wildman–Crippen MR) is 96.4 cm³/mol. The first-order valence-corrected chi connectivity index (χ1v) is 8.75. The van der Waals surface area contributed by atoms with Gasteiger partial charge in [-0.3, -0.25) is 4.79 Å². The molecule has 1 amide bonds. The summed E-state index contributed by atoms with van der Waals surface area (Å²) in [7, 11) is 1.80. The zero-order valence-electron chi connectivity index (χ0n) is 14.5. The van der Waals surface area contributed by atoms with E-state index in [0.29, 0.717) is 17.4 Å². The Hall–Kier alpha value is -1.13. The van der Waals surface area contributed by atoms with Crippen LogP contribution in [-0.4, -0.2) is 23.9 Å². The highest BCUT2D eigenvalue weighted by Gasteiger charge is 2.41. The summed E-state index contributed by atoms with van der Waals surface area (Å²) in [4.78, 5) is 14.6. The molecule has 1 aromatic carbocycles. The van der Waals surface area contributed by atoms with Gasteiger partial charge in [-0.25, -0.2) is 4.39 Å². The molecule has 24 heavy (non-hydrogen) atoms. The summed E-state index contributed by atoms with van der Waals surface area (Å²) >= 11 is 0. The van der Waals surface area contributed by atoms with Gasteiger partial charge >= 0.3 is 0 Å². The lowest BCUT2D eigenvalue weighted by Gasteiger charge is -2.44. The van der Waals surface area contributed by atoms with Crippen LogP contribution in [0.15, 0.2) is 24.3 Å².